The highest BCUT2D eigenvalue weighted by Crippen LogP contribution is 2.26. The Labute approximate surface area is 144 Å². The van der Waals surface area contributed by atoms with E-state index in [2.05, 4.69) is 10.3 Å². The number of ether oxygens (including phenoxy) is 2. The topological polar surface area (TPSA) is 101 Å². The molecule has 2 aromatic rings. The molecule has 8 heteroatoms. The summed E-state index contributed by atoms with van der Waals surface area (Å²) in [6.07, 6.45) is -0.857. The molecule has 2 heterocycles. The molecule has 1 fully saturated rings. The number of aromatic amines is 1. The second-order valence-corrected chi connectivity index (χ2v) is 5.73. The minimum atomic E-state index is -0.462. The van der Waals surface area contributed by atoms with Gasteiger partial charge in [0.2, 0.25) is 5.91 Å². The zero-order chi connectivity index (χ0) is 18.0. The Morgan fingerprint density at radius 3 is 2.92 bits per heavy atom. The Morgan fingerprint density at radius 1 is 1.40 bits per heavy atom. The van der Waals surface area contributed by atoms with Crippen molar-refractivity contribution in [2.45, 2.75) is 20.0 Å². The number of rotatable bonds is 5. The lowest BCUT2D eigenvalue weighted by atomic mass is 10.2. The number of benzene rings is 1. The number of nitrogens with zero attached hydrogens (tertiary/aromatic N) is 1. The Bertz CT molecular complexity index is 829. The van der Waals surface area contributed by atoms with Crippen LogP contribution in [0.3, 0.4) is 0 Å². The van der Waals surface area contributed by atoms with E-state index in [1.165, 1.54) is 11.8 Å². The second-order valence-electron chi connectivity index (χ2n) is 5.73. The molecule has 1 unspecified atom stereocenters. The Morgan fingerprint density at radius 2 is 2.20 bits per heavy atom. The van der Waals surface area contributed by atoms with Gasteiger partial charge in [-0.25, -0.2) is 9.59 Å². The zero-order valence-electron chi connectivity index (χ0n) is 14.0. The third-order valence-electron chi connectivity index (χ3n) is 3.86. The summed E-state index contributed by atoms with van der Waals surface area (Å²) < 4.78 is 10.2. The van der Waals surface area contributed by atoms with Crippen molar-refractivity contribution in [3.8, 4) is 0 Å². The van der Waals surface area contributed by atoms with Crippen LogP contribution in [0.4, 0.5) is 10.5 Å². The van der Waals surface area contributed by atoms with E-state index in [1.54, 1.807) is 31.2 Å². The van der Waals surface area contributed by atoms with Gasteiger partial charge in [0.15, 0.2) is 0 Å². The largest absolute Gasteiger partial charge is 0.461 e. The number of anilines is 1. The van der Waals surface area contributed by atoms with Gasteiger partial charge in [0.25, 0.3) is 0 Å². The average Bonchev–Trinajstić information content (AvgIpc) is 3.15. The van der Waals surface area contributed by atoms with Crippen LogP contribution in [0.25, 0.3) is 10.9 Å². The predicted octanol–water partition coefficient (Wildman–Crippen LogP) is 1.81. The van der Waals surface area contributed by atoms with E-state index in [1.807, 2.05) is 0 Å². The molecule has 1 saturated heterocycles. The SMILES string of the molecule is CCOC(=O)c1cc2cc(N3CC(CNC(C)=O)OC3=O)ccc2[nH]1. The summed E-state index contributed by atoms with van der Waals surface area (Å²) in [5.74, 6) is -0.592. The maximum absolute atomic E-state index is 12.1. The number of amides is 2. The van der Waals surface area contributed by atoms with Crippen LogP contribution in [-0.4, -0.2) is 48.8 Å². The number of hydrogen-bond acceptors (Lipinski definition) is 5. The first-order chi connectivity index (χ1) is 12.0. The lowest BCUT2D eigenvalue weighted by molar-refractivity contribution is -0.119. The number of fused-ring (bicyclic) bond motifs is 1. The van der Waals surface area contributed by atoms with E-state index < -0.39 is 18.2 Å². The van der Waals surface area contributed by atoms with Crippen LogP contribution in [-0.2, 0) is 14.3 Å². The molecular formula is C17H19N3O5. The Hall–Kier alpha value is -3.03. The molecule has 2 amide bonds. The molecule has 0 aliphatic carbocycles. The van der Waals surface area contributed by atoms with Gasteiger partial charge in [0, 0.05) is 23.5 Å². The first kappa shape index (κ1) is 16.8. The van der Waals surface area contributed by atoms with Crippen molar-refractivity contribution in [3.63, 3.8) is 0 Å². The zero-order valence-corrected chi connectivity index (χ0v) is 14.0. The summed E-state index contributed by atoms with van der Waals surface area (Å²) in [6.45, 7) is 4.08. The molecule has 1 aromatic carbocycles. The minimum absolute atomic E-state index is 0.172. The van der Waals surface area contributed by atoms with Crippen molar-refractivity contribution in [2.24, 2.45) is 0 Å². The molecule has 1 aliphatic rings. The van der Waals surface area contributed by atoms with Crippen molar-refractivity contribution in [3.05, 3.63) is 30.0 Å². The van der Waals surface area contributed by atoms with Crippen LogP contribution in [0.5, 0.6) is 0 Å². The third-order valence-corrected chi connectivity index (χ3v) is 3.86. The van der Waals surface area contributed by atoms with Crippen LogP contribution in [0.2, 0.25) is 0 Å². The molecule has 132 valence electrons. The van der Waals surface area contributed by atoms with Crippen molar-refractivity contribution < 1.29 is 23.9 Å². The summed E-state index contributed by atoms with van der Waals surface area (Å²) in [4.78, 5) is 39.4. The summed E-state index contributed by atoms with van der Waals surface area (Å²) in [6, 6.07) is 7.06. The molecule has 1 atom stereocenters. The second kappa shape index (κ2) is 6.84. The number of hydrogen-bond donors (Lipinski definition) is 2. The minimum Gasteiger partial charge on any atom is -0.461 e. The number of aromatic nitrogens is 1. The summed E-state index contributed by atoms with van der Waals surface area (Å²) in [5.41, 5.74) is 1.80. The van der Waals surface area contributed by atoms with Gasteiger partial charge in [-0.1, -0.05) is 0 Å². The van der Waals surface area contributed by atoms with Gasteiger partial charge in [-0.15, -0.1) is 0 Å². The molecule has 2 N–H and O–H groups in total. The van der Waals surface area contributed by atoms with Crippen LogP contribution in [0.15, 0.2) is 24.3 Å². The van der Waals surface area contributed by atoms with Gasteiger partial charge in [0.05, 0.1) is 19.7 Å². The number of cyclic esters (lactones) is 1. The molecule has 8 nitrogen and oxygen atoms in total. The normalized spacial score (nSPS) is 16.8. The maximum atomic E-state index is 12.1. The smallest absolute Gasteiger partial charge is 0.414 e. The highest BCUT2D eigenvalue weighted by atomic mass is 16.6. The van der Waals surface area contributed by atoms with Gasteiger partial charge in [-0.3, -0.25) is 9.69 Å². The van der Waals surface area contributed by atoms with Crippen molar-refractivity contribution in [1.82, 2.24) is 10.3 Å². The first-order valence-corrected chi connectivity index (χ1v) is 8.00. The highest BCUT2D eigenvalue weighted by molar-refractivity contribution is 5.98. The number of nitrogens with one attached hydrogen (secondary N) is 2. The molecular weight excluding hydrogens is 326 g/mol. The molecule has 0 saturated carbocycles. The fraction of sp³-hybridized carbons (Fsp3) is 0.353. The predicted molar refractivity (Wildman–Crippen MR) is 90.6 cm³/mol. The fourth-order valence-corrected chi connectivity index (χ4v) is 2.70. The van der Waals surface area contributed by atoms with Crippen molar-refractivity contribution in [2.75, 3.05) is 24.6 Å². The summed E-state index contributed by atoms with van der Waals surface area (Å²) >= 11 is 0. The summed E-state index contributed by atoms with van der Waals surface area (Å²) in [5, 5.41) is 3.43. The summed E-state index contributed by atoms with van der Waals surface area (Å²) in [7, 11) is 0. The Kier molecular flexibility index (Phi) is 4.60. The maximum Gasteiger partial charge on any atom is 0.414 e. The number of esters is 1. The number of carbonyl (C=O) groups is 3. The molecule has 0 spiro atoms. The number of H-pyrrole nitrogens is 1. The lowest BCUT2D eigenvalue weighted by Gasteiger charge is -2.13. The molecule has 1 aromatic heterocycles. The molecule has 1 aliphatic heterocycles. The Balaban J connectivity index is 1.78. The molecule has 0 radical (unpaired) electrons. The van der Waals surface area contributed by atoms with Crippen molar-refractivity contribution >= 4 is 34.6 Å². The van der Waals surface area contributed by atoms with Gasteiger partial charge in [0.1, 0.15) is 11.8 Å². The quantitative estimate of drug-likeness (QED) is 0.805. The lowest BCUT2D eigenvalue weighted by Crippen LogP contribution is -2.33. The van der Waals surface area contributed by atoms with E-state index >= 15 is 0 Å². The standard InChI is InChI=1S/C17H19N3O5/c1-3-24-16(22)15-7-11-6-12(4-5-14(11)19-15)20-9-13(25-17(20)23)8-18-10(2)21/h4-7,13,19H,3,8-9H2,1-2H3,(H,18,21). The van der Waals surface area contributed by atoms with Crippen LogP contribution in [0.1, 0.15) is 24.3 Å². The number of carbonyl (C=O) groups excluding carboxylic acids is 3. The van der Waals surface area contributed by atoms with E-state index in [-0.39, 0.29) is 12.5 Å². The third kappa shape index (κ3) is 3.57. The first-order valence-electron chi connectivity index (χ1n) is 8.00. The fourth-order valence-electron chi connectivity index (χ4n) is 2.70. The molecule has 0 bridgehead atoms. The monoisotopic (exact) mass is 345 g/mol. The van der Waals surface area contributed by atoms with Crippen LogP contribution < -0.4 is 10.2 Å². The van der Waals surface area contributed by atoms with Gasteiger partial charge < -0.3 is 19.8 Å². The van der Waals surface area contributed by atoms with Gasteiger partial charge in [-0.2, -0.15) is 0 Å². The molecule has 25 heavy (non-hydrogen) atoms. The van der Waals surface area contributed by atoms with E-state index in [9.17, 15) is 14.4 Å². The van der Waals surface area contributed by atoms with Crippen molar-refractivity contribution in [1.29, 1.82) is 0 Å². The van der Waals surface area contributed by atoms with Crippen LogP contribution in [0, 0.1) is 0 Å². The van der Waals surface area contributed by atoms with E-state index in [0.29, 0.717) is 24.5 Å². The van der Waals surface area contributed by atoms with E-state index in [4.69, 9.17) is 9.47 Å². The van der Waals surface area contributed by atoms with Gasteiger partial charge >= 0.3 is 12.1 Å². The molecule has 3 rings (SSSR count). The highest BCUT2D eigenvalue weighted by Gasteiger charge is 2.32. The average molecular weight is 345 g/mol. The van der Waals surface area contributed by atoms with Crippen LogP contribution >= 0.6 is 0 Å². The van der Waals surface area contributed by atoms with Gasteiger partial charge in [-0.05, 0) is 31.2 Å². The van der Waals surface area contributed by atoms with E-state index in [0.717, 1.165) is 10.9 Å².